The first kappa shape index (κ1) is 12.5. The van der Waals surface area contributed by atoms with Gasteiger partial charge >= 0.3 is 0 Å². The predicted molar refractivity (Wildman–Crippen MR) is 60.6 cm³/mol. The molecule has 0 heterocycles. The molecule has 2 atom stereocenters. The first-order chi connectivity index (χ1) is 7.04. The second-order valence-electron chi connectivity index (χ2n) is 3.89. The molecule has 0 aliphatic carbocycles. The Morgan fingerprint density at radius 1 is 1.47 bits per heavy atom. The van der Waals surface area contributed by atoms with Crippen molar-refractivity contribution in [2.45, 2.75) is 32.8 Å². The Morgan fingerprint density at radius 2 is 2.13 bits per heavy atom. The molecule has 0 saturated heterocycles. The van der Waals surface area contributed by atoms with Crippen LogP contribution in [0.15, 0.2) is 18.2 Å². The molecule has 0 saturated carbocycles. The predicted octanol–water partition coefficient (Wildman–Crippen LogP) is 3.43. The summed E-state index contributed by atoms with van der Waals surface area (Å²) in [5.74, 6) is -0.162. The summed E-state index contributed by atoms with van der Waals surface area (Å²) in [6, 6.07) is 4.55. The summed E-state index contributed by atoms with van der Waals surface area (Å²) in [4.78, 5) is 0. The summed E-state index contributed by atoms with van der Waals surface area (Å²) in [6.45, 7) is 3.96. The Balaban J connectivity index is 2.72. The maximum Gasteiger partial charge on any atom is 0.127 e. The zero-order valence-electron chi connectivity index (χ0n) is 9.00. The number of aliphatic hydroxyl groups is 1. The molecule has 0 fully saturated rings. The third-order valence-electron chi connectivity index (χ3n) is 2.74. The van der Waals surface area contributed by atoms with Crippen LogP contribution in [0.4, 0.5) is 4.39 Å². The number of benzene rings is 1. The van der Waals surface area contributed by atoms with Crippen LogP contribution in [0.5, 0.6) is 0 Å². The molecule has 1 aromatic carbocycles. The van der Waals surface area contributed by atoms with E-state index in [4.69, 9.17) is 11.6 Å². The average molecular weight is 231 g/mol. The van der Waals surface area contributed by atoms with Crippen LogP contribution in [0.3, 0.4) is 0 Å². The highest BCUT2D eigenvalue weighted by Gasteiger charge is 2.15. The molecule has 0 bridgehead atoms. The minimum absolute atomic E-state index is 0.181. The third kappa shape index (κ3) is 3.47. The van der Waals surface area contributed by atoms with Gasteiger partial charge in [0.15, 0.2) is 0 Å². The maximum absolute atomic E-state index is 13.4. The Bertz CT molecular complexity index is 327. The van der Waals surface area contributed by atoms with E-state index in [9.17, 15) is 9.50 Å². The van der Waals surface area contributed by atoms with E-state index in [1.54, 1.807) is 12.1 Å². The quantitative estimate of drug-likeness (QED) is 0.840. The highest BCUT2D eigenvalue weighted by Crippen LogP contribution is 2.19. The maximum atomic E-state index is 13.4. The molecule has 84 valence electrons. The lowest BCUT2D eigenvalue weighted by molar-refractivity contribution is 0.114. The van der Waals surface area contributed by atoms with Crippen LogP contribution in [0.1, 0.15) is 25.8 Å². The van der Waals surface area contributed by atoms with Crippen molar-refractivity contribution in [3.8, 4) is 0 Å². The van der Waals surface area contributed by atoms with Gasteiger partial charge in [-0.1, -0.05) is 37.9 Å². The van der Waals surface area contributed by atoms with E-state index in [-0.39, 0.29) is 11.7 Å². The summed E-state index contributed by atoms with van der Waals surface area (Å²) in [7, 11) is 0. The Morgan fingerprint density at radius 3 is 2.67 bits per heavy atom. The minimum Gasteiger partial charge on any atom is -0.393 e. The highest BCUT2D eigenvalue weighted by atomic mass is 35.5. The van der Waals surface area contributed by atoms with Crippen LogP contribution >= 0.6 is 11.6 Å². The molecule has 2 unspecified atom stereocenters. The summed E-state index contributed by atoms with van der Waals surface area (Å²) >= 11 is 5.64. The first-order valence-corrected chi connectivity index (χ1v) is 5.54. The second kappa shape index (κ2) is 5.47. The van der Waals surface area contributed by atoms with E-state index in [2.05, 4.69) is 0 Å². The molecule has 0 aliphatic rings. The fraction of sp³-hybridized carbons (Fsp3) is 0.500. The number of aliphatic hydroxyl groups excluding tert-OH is 1. The topological polar surface area (TPSA) is 20.2 Å². The lowest BCUT2D eigenvalue weighted by Gasteiger charge is -2.17. The number of rotatable bonds is 4. The zero-order chi connectivity index (χ0) is 11.4. The van der Waals surface area contributed by atoms with Crippen molar-refractivity contribution in [2.75, 3.05) is 0 Å². The van der Waals surface area contributed by atoms with Gasteiger partial charge in [0.05, 0.1) is 6.10 Å². The monoisotopic (exact) mass is 230 g/mol. The van der Waals surface area contributed by atoms with Crippen molar-refractivity contribution in [2.24, 2.45) is 5.92 Å². The van der Waals surface area contributed by atoms with Crippen LogP contribution in [0.25, 0.3) is 0 Å². The molecule has 1 N–H and O–H groups in total. The van der Waals surface area contributed by atoms with Crippen LogP contribution in [-0.2, 0) is 6.42 Å². The van der Waals surface area contributed by atoms with Crippen molar-refractivity contribution in [3.05, 3.63) is 34.6 Å². The molecule has 1 rings (SSSR count). The van der Waals surface area contributed by atoms with E-state index in [1.807, 2.05) is 13.8 Å². The lowest BCUT2D eigenvalue weighted by atomic mass is 9.95. The summed E-state index contributed by atoms with van der Waals surface area (Å²) in [5, 5.41) is 10.1. The molecule has 1 nitrogen and oxygen atoms in total. The highest BCUT2D eigenvalue weighted by molar-refractivity contribution is 6.30. The van der Waals surface area contributed by atoms with E-state index in [0.717, 1.165) is 6.42 Å². The van der Waals surface area contributed by atoms with Crippen molar-refractivity contribution in [1.29, 1.82) is 0 Å². The fourth-order valence-electron chi connectivity index (χ4n) is 1.39. The van der Waals surface area contributed by atoms with E-state index in [0.29, 0.717) is 17.0 Å². The second-order valence-corrected chi connectivity index (χ2v) is 4.33. The fourth-order valence-corrected chi connectivity index (χ4v) is 1.54. The lowest BCUT2D eigenvalue weighted by Crippen LogP contribution is -2.20. The normalized spacial score (nSPS) is 15.0. The van der Waals surface area contributed by atoms with Gasteiger partial charge < -0.3 is 5.11 Å². The standard InChI is InChI=1S/C12H16ClFO/c1-3-8(2)12(15)6-9-4-5-10(13)7-11(9)14/h4-5,7-8,12,15H,3,6H2,1-2H3. The van der Waals surface area contributed by atoms with E-state index < -0.39 is 6.10 Å². The number of hydrogen-bond acceptors (Lipinski definition) is 1. The Hall–Kier alpha value is -0.600. The Kier molecular flexibility index (Phi) is 4.55. The molecular weight excluding hydrogens is 215 g/mol. The van der Waals surface area contributed by atoms with Crippen molar-refractivity contribution in [3.63, 3.8) is 0 Å². The van der Waals surface area contributed by atoms with Gasteiger partial charge in [0.1, 0.15) is 5.82 Å². The minimum atomic E-state index is -0.495. The summed E-state index contributed by atoms with van der Waals surface area (Å²) < 4.78 is 13.4. The summed E-state index contributed by atoms with van der Waals surface area (Å²) in [5.41, 5.74) is 0.521. The molecule has 0 aliphatic heterocycles. The first-order valence-electron chi connectivity index (χ1n) is 5.16. The third-order valence-corrected chi connectivity index (χ3v) is 2.98. The SMILES string of the molecule is CCC(C)C(O)Cc1ccc(Cl)cc1F. The van der Waals surface area contributed by atoms with Gasteiger partial charge in [0.2, 0.25) is 0 Å². The van der Waals surface area contributed by atoms with Gasteiger partial charge in [0, 0.05) is 11.4 Å². The van der Waals surface area contributed by atoms with Gasteiger partial charge in [-0.05, 0) is 23.6 Å². The molecule has 15 heavy (non-hydrogen) atoms. The van der Waals surface area contributed by atoms with Crippen LogP contribution in [0.2, 0.25) is 5.02 Å². The molecular formula is C12H16ClFO. The largest absolute Gasteiger partial charge is 0.393 e. The van der Waals surface area contributed by atoms with Gasteiger partial charge in [-0.3, -0.25) is 0 Å². The molecule has 0 radical (unpaired) electrons. The molecule has 0 spiro atoms. The van der Waals surface area contributed by atoms with Crippen LogP contribution < -0.4 is 0 Å². The van der Waals surface area contributed by atoms with E-state index in [1.165, 1.54) is 6.07 Å². The molecule has 1 aromatic rings. The Labute approximate surface area is 94.9 Å². The van der Waals surface area contributed by atoms with E-state index >= 15 is 0 Å². The van der Waals surface area contributed by atoms with Crippen molar-refractivity contribution < 1.29 is 9.50 Å². The number of halogens is 2. The van der Waals surface area contributed by atoms with Gasteiger partial charge in [-0.15, -0.1) is 0 Å². The van der Waals surface area contributed by atoms with Gasteiger partial charge in [0.25, 0.3) is 0 Å². The summed E-state index contributed by atoms with van der Waals surface area (Å²) in [6.07, 6.45) is 0.736. The van der Waals surface area contributed by atoms with Crippen molar-refractivity contribution in [1.82, 2.24) is 0 Å². The molecule has 0 aromatic heterocycles. The molecule has 0 amide bonds. The van der Waals surface area contributed by atoms with Crippen LogP contribution in [0, 0.1) is 11.7 Å². The number of hydrogen-bond donors (Lipinski definition) is 1. The van der Waals surface area contributed by atoms with Gasteiger partial charge in [-0.25, -0.2) is 4.39 Å². The zero-order valence-corrected chi connectivity index (χ0v) is 9.76. The average Bonchev–Trinajstić information content (AvgIpc) is 2.20. The molecule has 3 heteroatoms. The van der Waals surface area contributed by atoms with Crippen molar-refractivity contribution >= 4 is 11.6 Å². The van der Waals surface area contributed by atoms with Gasteiger partial charge in [-0.2, -0.15) is 0 Å². The smallest absolute Gasteiger partial charge is 0.127 e. The van der Waals surface area contributed by atoms with Crippen LogP contribution in [-0.4, -0.2) is 11.2 Å².